The third-order valence-electron chi connectivity index (χ3n) is 3.44. The van der Waals surface area contributed by atoms with E-state index in [0.29, 0.717) is 17.9 Å². The van der Waals surface area contributed by atoms with Crippen LogP contribution in [0.3, 0.4) is 0 Å². The Balaban J connectivity index is 1.90. The van der Waals surface area contributed by atoms with Crippen LogP contribution in [0.25, 0.3) is 0 Å². The number of nitrogens with zero attached hydrogens (tertiary/aromatic N) is 2. The molecule has 24 heavy (non-hydrogen) atoms. The highest BCUT2D eigenvalue weighted by Gasteiger charge is 2.14. The van der Waals surface area contributed by atoms with Crippen molar-refractivity contribution in [2.45, 2.75) is 33.2 Å². The lowest BCUT2D eigenvalue weighted by atomic mass is 10.2. The van der Waals surface area contributed by atoms with Gasteiger partial charge in [-0.3, -0.25) is 9.48 Å². The van der Waals surface area contributed by atoms with Crippen molar-refractivity contribution < 1.29 is 19.4 Å². The van der Waals surface area contributed by atoms with E-state index >= 15 is 0 Å². The molecule has 7 nitrogen and oxygen atoms in total. The second-order valence-corrected chi connectivity index (χ2v) is 5.68. The highest BCUT2D eigenvalue weighted by Crippen LogP contribution is 2.18. The van der Waals surface area contributed by atoms with Crippen molar-refractivity contribution in [1.82, 2.24) is 9.78 Å². The molecule has 0 aliphatic rings. The number of nitrogens with one attached hydrogen (secondary N) is 1. The van der Waals surface area contributed by atoms with Crippen LogP contribution in [0, 0.1) is 13.8 Å². The molecule has 128 valence electrons. The maximum Gasteiger partial charge on any atom is 0.341 e. The summed E-state index contributed by atoms with van der Waals surface area (Å²) < 4.78 is 6.89. The molecule has 1 unspecified atom stereocenters. The molecule has 0 aliphatic heterocycles. The Morgan fingerprint density at radius 1 is 1.29 bits per heavy atom. The first-order chi connectivity index (χ1) is 11.3. The van der Waals surface area contributed by atoms with E-state index < -0.39 is 12.6 Å². The molecule has 0 aliphatic carbocycles. The summed E-state index contributed by atoms with van der Waals surface area (Å²) in [5, 5.41) is 15.8. The van der Waals surface area contributed by atoms with Crippen LogP contribution in [0.5, 0.6) is 5.75 Å². The van der Waals surface area contributed by atoms with E-state index in [4.69, 9.17) is 9.84 Å². The molecule has 0 spiro atoms. The number of carboxylic acid groups (broad SMARTS) is 1. The maximum absolute atomic E-state index is 12.2. The van der Waals surface area contributed by atoms with E-state index in [9.17, 15) is 9.59 Å². The maximum atomic E-state index is 12.2. The molecule has 0 saturated carbocycles. The zero-order valence-electron chi connectivity index (χ0n) is 13.9. The summed E-state index contributed by atoms with van der Waals surface area (Å²) in [7, 11) is 0. The van der Waals surface area contributed by atoms with Gasteiger partial charge in [-0.05, 0) is 51.1 Å². The summed E-state index contributed by atoms with van der Waals surface area (Å²) in [4.78, 5) is 22.6. The number of rotatable bonds is 7. The number of anilines is 1. The molecule has 0 bridgehead atoms. The van der Waals surface area contributed by atoms with Crippen molar-refractivity contribution in [2.24, 2.45) is 0 Å². The first kappa shape index (κ1) is 17.5. The molecule has 1 atom stereocenters. The van der Waals surface area contributed by atoms with Crippen molar-refractivity contribution in [3.05, 3.63) is 41.7 Å². The highest BCUT2D eigenvalue weighted by molar-refractivity contribution is 5.91. The minimum absolute atomic E-state index is 0.0446. The predicted molar refractivity (Wildman–Crippen MR) is 89.2 cm³/mol. The smallest absolute Gasteiger partial charge is 0.341 e. The van der Waals surface area contributed by atoms with E-state index in [1.54, 1.807) is 24.3 Å². The van der Waals surface area contributed by atoms with Crippen molar-refractivity contribution in [1.29, 1.82) is 0 Å². The number of ether oxygens (including phenoxy) is 1. The molecule has 0 fully saturated rings. The molecular weight excluding hydrogens is 310 g/mol. The summed E-state index contributed by atoms with van der Waals surface area (Å²) in [6.45, 7) is 5.43. The molecule has 1 aromatic heterocycles. The summed E-state index contributed by atoms with van der Waals surface area (Å²) in [6.07, 6.45) is 0.305. The highest BCUT2D eigenvalue weighted by atomic mass is 16.5. The molecule has 2 N–H and O–H groups in total. The zero-order valence-corrected chi connectivity index (χ0v) is 13.9. The molecule has 7 heteroatoms. The van der Waals surface area contributed by atoms with Gasteiger partial charge in [0.25, 0.3) is 0 Å². The van der Waals surface area contributed by atoms with Crippen molar-refractivity contribution in [2.75, 3.05) is 11.9 Å². The quantitative estimate of drug-likeness (QED) is 0.813. The Bertz CT molecular complexity index is 722. The monoisotopic (exact) mass is 331 g/mol. The normalized spacial score (nSPS) is 11.8. The summed E-state index contributed by atoms with van der Waals surface area (Å²) in [5.74, 6) is -0.716. The van der Waals surface area contributed by atoms with Gasteiger partial charge in [0.1, 0.15) is 5.75 Å². The Morgan fingerprint density at radius 3 is 2.50 bits per heavy atom. The van der Waals surface area contributed by atoms with Crippen LogP contribution in [0.15, 0.2) is 30.3 Å². The number of carbonyl (C=O) groups excluding carboxylic acids is 1. The van der Waals surface area contributed by atoms with E-state index in [1.165, 1.54) is 0 Å². The first-order valence-electron chi connectivity index (χ1n) is 7.62. The van der Waals surface area contributed by atoms with E-state index in [-0.39, 0.29) is 11.9 Å². The van der Waals surface area contributed by atoms with Gasteiger partial charge in [0, 0.05) is 17.8 Å². The van der Waals surface area contributed by atoms with Crippen molar-refractivity contribution >= 4 is 17.6 Å². The molecule has 0 saturated heterocycles. The molecule has 1 heterocycles. The topological polar surface area (TPSA) is 93.5 Å². The largest absolute Gasteiger partial charge is 0.482 e. The predicted octanol–water partition coefficient (Wildman–Crippen LogP) is 2.55. The Hall–Kier alpha value is -2.83. The van der Waals surface area contributed by atoms with Gasteiger partial charge in [-0.1, -0.05) is 0 Å². The number of hydrogen-bond acceptors (Lipinski definition) is 4. The number of carbonyl (C=O) groups is 2. The second-order valence-electron chi connectivity index (χ2n) is 5.68. The standard InChI is InChI=1S/C17H21N3O4/c1-11-8-12(2)20(19-11)13(3)9-16(21)18-14-4-6-15(7-5-14)24-10-17(22)23/h4-8,13H,9-10H2,1-3H3,(H,18,21)(H,22,23). The third-order valence-corrected chi connectivity index (χ3v) is 3.44. The number of aliphatic carboxylic acids is 1. The van der Waals surface area contributed by atoms with Crippen LogP contribution >= 0.6 is 0 Å². The van der Waals surface area contributed by atoms with Crippen molar-refractivity contribution in [3.63, 3.8) is 0 Å². The van der Waals surface area contributed by atoms with Gasteiger partial charge >= 0.3 is 5.97 Å². The van der Waals surface area contributed by atoms with Crippen LogP contribution in [0.1, 0.15) is 30.8 Å². The van der Waals surface area contributed by atoms with Crippen molar-refractivity contribution in [3.8, 4) is 5.75 Å². The minimum atomic E-state index is -1.04. The number of benzene rings is 1. The molecule has 1 aromatic carbocycles. The average Bonchev–Trinajstić information content (AvgIpc) is 2.85. The summed E-state index contributed by atoms with van der Waals surface area (Å²) in [6, 6.07) is 8.50. The SMILES string of the molecule is Cc1cc(C)n(C(C)CC(=O)Nc2ccc(OCC(=O)O)cc2)n1. The zero-order chi connectivity index (χ0) is 17.7. The molecule has 2 aromatic rings. The fourth-order valence-electron chi connectivity index (χ4n) is 2.44. The van der Waals surface area contributed by atoms with Gasteiger partial charge < -0.3 is 15.2 Å². The van der Waals surface area contributed by atoms with E-state index in [0.717, 1.165) is 11.4 Å². The van der Waals surface area contributed by atoms with Gasteiger partial charge in [0.15, 0.2) is 6.61 Å². The Kier molecular flexibility index (Phi) is 5.57. The van der Waals surface area contributed by atoms with E-state index in [2.05, 4.69) is 10.4 Å². The molecular formula is C17H21N3O4. The average molecular weight is 331 g/mol. The summed E-state index contributed by atoms with van der Waals surface area (Å²) in [5.41, 5.74) is 2.58. The van der Waals surface area contributed by atoms with Crippen LogP contribution in [0.4, 0.5) is 5.69 Å². The lowest BCUT2D eigenvalue weighted by Gasteiger charge is -2.14. The van der Waals surface area contributed by atoms with E-state index in [1.807, 2.05) is 31.5 Å². The molecule has 2 rings (SSSR count). The van der Waals surface area contributed by atoms with Gasteiger partial charge in [-0.15, -0.1) is 0 Å². The van der Waals surface area contributed by atoms with Gasteiger partial charge in [-0.25, -0.2) is 4.79 Å². The minimum Gasteiger partial charge on any atom is -0.482 e. The lowest BCUT2D eigenvalue weighted by Crippen LogP contribution is -2.19. The number of hydrogen-bond donors (Lipinski definition) is 2. The van der Waals surface area contributed by atoms with Gasteiger partial charge in [0.05, 0.1) is 11.7 Å². The Morgan fingerprint density at radius 2 is 1.96 bits per heavy atom. The number of aromatic nitrogens is 2. The summed E-state index contributed by atoms with van der Waals surface area (Å²) >= 11 is 0. The van der Waals surface area contributed by atoms with Crippen LogP contribution in [-0.4, -0.2) is 33.4 Å². The van der Waals surface area contributed by atoms with Crippen LogP contribution in [-0.2, 0) is 9.59 Å². The fourth-order valence-corrected chi connectivity index (χ4v) is 2.44. The molecule has 0 radical (unpaired) electrons. The first-order valence-corrected chi connectivity index (χ1v) is 7.62. The number of aryl methyl sites for hydroxylation is 2. The third kappa shape index (κ3) is 4.84. The Labute approximate surface area is 140 Å². The van der Waals surface area contributed by atoms with Crippen LogP contribution < -0.4 is 10.1 Å². The van der Waals surface area contributed by atoms with Gasteiger partial charge in [0.2, 0.25) is 5.91 Å². The number of amides is 1. The second kappa shape index (κ2) is 7.63. The molecule has 1 amide bonds. The number of carboxylic acids is 1. The van der Waals surface area contributed by atoms with Gasteiger partial charge in [-0.2, -0.15) is 5.10 Å². The fraction of sp³-hybridized carbons (Fsp3) is 0.353. The lowest BCUT2D eigenvalue weighted by molar-refractivity contribution is -0.139. The van der Waals surface area contributed by atoms with Crippen LogP contribution in [0.2, 0.25) is 0 Å².